The highest BCUT2D eigenvalue weighted by atomic mass is 16.6. The maximum atomic E-state index is 11.9. The number of aromatic carboxylic acids is 2. The first-order chi connectivity index (χ1) is 10.7. The summed E-state index contributed by atoms with van der Waals surface area (Å²) < 4.78 is 9.66. The Balaban J connectivity index is 2.86. The predicted octanol–water partition coefficient (Wildman–Crippen LogP) is 1.36. The van der Waals surface area contributed by atoms with Gasteiger partial charge in [-0.2, -0.15) is 0 Å². The third kappa shape index (κ3) is 5.27. The summed E-state index contributed by atoms with van der Waals surface area (Å²) in [5, 5.41) is 17.9. The van der Waals surface area contributed by atoms with Crippen molar-refractivity contribution in [2.75, 3.05) is 6.61 Å². The Morgan fingerprint density at radius 1 is 1.09 bits per heavy atom. The highest BCUT2D eigenvalue weighted by Gasteiger charge is 2.17. The van der Waals surface area contributed by atoms with Crippen molar-refractivity contribution in [3.8, 4) is 0 Å². The van der Waals surface area contributed by atoms with Crippen LogP contribution in [0.2, 0.25) is 0 Å². The second-order valence-corrected chi connectivity index (χ2v) is 4.46. The number of rotatable bonds is 7. The van der Waals surface area contributed by atoms with Gasteiger partial charge >= 0.3 is 23.9 Å². The molecule has 0 saturated heterocycles. The summed E-state index contributed by atoms with van der Waals surface area (Å²) in [6, 6.07) is 2.92. The molecule has 0 radical (unpaired) electrons. The maximum absolute atomic E-state index is 11.9. The number of carbonyl (C=O) groups excluding carboxylic acids is 2. The number of benzene rings is 1. The van der Waals surface area contributed by atoms with Crippen LogP contribution in [0.4, 0.5) is 0 Å². The van der Waals surface area contributed by atoms with Gasteiger partial charge in [0.2, 0.25) is 0 Å². The van der Waals surface area contributed by atoms with Crippen LogP contribution in [0, 0.1) is 0 Å². The van der Waals surface area contributed by atoms with E-state index in [1.165, 1.54) is 6.92 Å². The highest BCUT2D eigenvalue weighted by Crippen LogP contribution is 2.13. The van der Waals surface area contributed by atoms with Crippen molar-refractivity contribution >= 4 is 23.9 Å². The molecule has 0 heterocycles. The fraction of sp³-hybridized carbons (Fsp3) is 0.200. The average Bonchev–Trinajstić information content (AvgIpc) is 2.51. The molecule has 0 aliphatic rings. The van der Waals surface area contributed by atoms with Crippen LogP contribution in [0.5, 0.6) is 0 Å². The Kier molecular flexibility index (Phi) is 6.02. The van der Waals surface area contributed by atoms with Crippen molar-refractivity contribution in [3.63, 3.8) is 0 Å². The number of hydrogen-bond donors (Lipinski definition) is 2. The number of carboxylic acids is 2. The molecule has 0 aliphatic heterocycles. The lowest BCUT2D eigenvalue weighted by Crippen LogP contribution is -2.21. The summed E-state index contributed by atoms with van der Waals surface area (Å²) in [7, 11) is 0. The van der Waals surface area contributed by atoms with Crippen LogP contribution < -0.4 is 0 Å². The van der Waals surface area contributed by atoms with Crippen LogP contribution in [0.3, 0.4) is 0 Å². The molecule has 1 aromatic carbocycles. The molecule has 1 aromatic rings. The van der Waals surface area contributed by atoms with E-state index in [2.05, 4.69) is 6.58 Å². The first-order valence-electron chi connectivity index (χ1n) is 6.36. The van der Waals surface area contributed by atoms with Crippen molar-refractivity contribution in [2.24, 2.45) is 0 Å². The molecule has 1 rings (SSSR count). The summed E-state index contributed by atoms with van der Waals surface area (Å²) in [5.41, 5.74) is -0.949. The van der Waals surface area contributed by atoms with Crippen LogP contribution in [0.1, 0.15) is 38.0 Å². The van der Waals surface area contributed by atoms with Crippen molar-refractivity contribution in [1.82, 2.24) is 0 Å². The zero-order valence-corrected chi connectivity index (χ0v) is 12.1. The maximum Gasteiger partial charge on any atom is 0.338 e. The van der Waals surface area contributed by atoms with Gasteiger partial charge in [0.05, 0.1) is 16.7 Å². The van der Waals surface area contributed by atoms with Gasteiger partial charge < -0.3 is 19.7 Å². The third-order valence-corrected chi connectivity index (χ3v) is 2.60. The van der Waals surface area contributed by atoms with E-state index in [9.17, 15) is 19.2 Å². The van der Waals surface area contributed by atoms with E-state index >= 15 is 0 Å². The molecule has 0 aromatic heterocycles. The fourth-order valence-electron chi connectivity index (χ4n) is 1.55. The first-order valence-corrected chi connectivity index (χ1v) is 6.36. The highest BCUT2D eigenvalue weighted by molar-refractivity contribution is 5.99. The Hall–Kier alpha value is -3.16. The Labute approximate surface area is 130 Å². The molecule has 8 nitrogen and oxygen atoms in total. The molecular weight excluding hydrogens is 308 g/mol. The van der Waals surface area contributed by atoms with Gasteiger partial charge in [-0.15, -0.1) is 0 Å². The molecule has 0 amide bonds. The van der Waals surface area contributed by atoms with E-state index in [4.69, 9.17) is 19.7 Å². The van der Waals surface area contributed by atoms with E-state index < -0.39 is 30.0 Å². The summed E-state index contributed by atoms with van der Waals surface area (Å²) in [4.78, 5) is 44.8. The van der Waals surface area contributed by atoms with Gasteiger partial charge in [-0.05, 0) is 25.1 Å². The van der Waals surface area contributed by atoms with E-state index in [-0.39, 0.29) is 23.3 Å². The molecule has 0 spiro atoms. The lowest BCUT2D eigenvalue weighted by Gasteiger charge is -2.12. The number of ether oxygens (including phenoxy) is 2. The largest absolute Gasteiger partial charge is 0.478 e. The Morgan fingerprint density at radius 3 is 2.00 bits per heavy atom. The van der Waals surface area contributed by atoms with Gasteiger partial charge in [0.25, 0.3) is 0 Å². The number of esters is 2. The van der Waals surface area contributed by atoms with Crippen LogP contribution in [0.25, 0.3) is 0 Å². The van der Waals surface area contributed by atoms with Gasteiger partial charge in [0.1, 0.15) is 12.7 Å². The van der Waals surface area contributed by atoms with Crippen molar-refractivity contribution in [1.29, 1.82) is 0 Å². The van der Waals surface area contributed by atoms with Crippen molar-refractivity contribution in [3.05, 3.63) is 47.5 Å². The van der Waals surface area contributed by atoms with Crippen molar-refractivity contribution < 1.29 is 38.9 Å². The molecule has 2 N–H and O–H groups in total. The van der Waals surface area contributed by atoms with Crippen LogP contribution >= 0.6 is 0 Å². The lowest BCUT2D eigenvalue weighted by atomic mass is 10.1. The van der Waals surface area contributed by atoms with E-state index in [0.717, 1.165) is 24.3 Å². The lowest BCUT2D eigenvalue weighted by molar-refractivity contribution is -0.144. The second kappa shape index (κ2) is 7.74. The molecule has 122 valence electrons. The SMILES string of the molecule is C=CC(=O)OC(C)COC(=O)c1cc(C(=O)O)cc(C(=O)O)c1. The molecule has 0 saturated carbocycles. The molecule has 1 unspecified atom stereocenters. The van der Waals surface area contributed by atoms with Gasteiger partial charge in [0.15, 0.2) is 0 Å². The minimum atomic E-state index is -1.38. The quantitative estimate of drug-likeness (QED) is 0.569. The predicted molar refractivity (Wildman–Crippen MR) is 76.4 cm³/mol. The molecule has 0 fully saturated rings. The van der Waals surface area contributed by atoms with Crippen LogP contribution in [-0.2, 0) is 14.3 Å². The summed E-state index contributed by atoms with van der Waals surface area (Å²) in [6.07, 6.45) is 0.208. The van der Waals surface area contributed by atoms with Crippen molar-refractivity contribution in [2.45, 2.75) is 13.0 Å². The normalized spacial score (nSPS) is 11.2. The smallest absolute Gasteiger partial charge is 0.338 e. The van der Waals surface area contributed by atoms with Crippen LogP contribution in [-0.4, -0.2) is 46.8 Å². The van der Waals surface area contributed by atoms with Gasteiger partial charge in [-0.1, -0.05) is 6.58 Å². The molecular formula is C15H14O8. The fourth-order valence-corrected chi connectivity index (χ4v) is 1.55. The molecule has 0 aliphatic carbocycles. The van der Waals surface area contributed by atoms with E-state index in [1.54, 1.807) is 0 Å². The second-order valence-electron chi connectivity index (χ2n) is 4.46. The summed E-state index contributed by atoms with van der Waals surface area (Å²) >= 11 is 0. The standard InChI is InChI=1S/C15H14O8/c1-3-12(16)23-8(2)7-22-15(21)11-5-9(13(17)18)4-10(6-11)14(19)20/h3-6,8H,1,7H2,2H3,(H,17,18)(H,19,20). The third-order valence-electron chi connectivity index (χ3n) is 2.60. The topological polar surface area (TPSA) is 127 Å². The molecule has 23 heavy (non-hydrogen) atoms. The van der Waals surface area contributed by atoms with E-state index in [0.29, 0.717) is 0 Å². The zero-order chi connectivity index (χ0) is 17.6. The minimum absolute atomic E-state index is 0.232. The Morgan fingerprint density at radius 2 is 1.57 bits per heavy atom. The number of carboxylic acid groups (broad SMARTS) is 2. The average molecular weight is 322 g/mol. The first kappa shape index (κ1) is 17.9. The summed E-state index contributed by atoms with van der Waals surface area (Å²) in [6.45, 7) is 4.41. The zero-order valence-electron chi connectivity index (χ0n) is 12.1. The number of carbonyl (C=O) groups is 4. The molecule has 1 atom stereocenters. The van der Waals surface area contributed by atoms with Gasteiger partial charge in [0, 0.05) is 6.08 Å². The molecule has 0 bridgehead atoms. The monoisotopic (exact) mass is 322 g/mol. The van der Waals surface area contributed by atoms with Gasteiger partial charge in [-0.25, -0.2) is 19.2 Å². The van der Waals surface area contributed by atoms with Crippen LogP contribution in [0.15, 0.2) is 30.9 Å². The van der Waals surface area contributed by atoms with E-state index in [1.807, 2.05) is 0 Å². The Bertz CT molecular complexity index is 629. The number of hydrogen-bond acceptors (Lipinski definition) is 6. The molecule has 8 heteroatoms. The van der Waals surface area contributed by atoms with Gasteiger partial charge in [-0.3, -0.25) is 0 Å². The minimum Gasteiger partial charge on any atom is -0.478 e. The summed E-state index contributed by atoms with van der Waals surface area (Å²) in [5.74, 6) is -4.38.